The summed E-state index contributed by atoms with van der Waals surface area (Å²) in [6.07, 6.45) is 7.76. The van der Waals surface area contributed by atoms with Crippen molar-refractivity contribution in [2.45, 2.75) is 25.8 Å². The number of nitrogens with zero attached hydrogens (tertiary/aromatic N) is 2. The number of aromatic nitrogens is 1. The highest BCUT2D eigenvalue weighted by atomic mass is 35.5. The second-order valence-electron chi connectivity index (χ2n) is 6.33. The van der Waals surface area contributed by atoms with Crippen LogP contribution in [0.3, 0.4) is 0 Å². The molecule has 0 bridgehead atoms. The fraction of sp³-hybridized carbons (Fsp3) is 0.263. The Morgan fingerprint density at radius 3 is 2.93 bits per heavy atom. The standard InChI is InChI=1S/C19H18ClN3O4S/c20-16-15(10-21-22-17(24)13-6-2-1-3-7-13)28-19(27)23(16)11-12-5-4-8-14(9-12)18(25)26/h1-2,4-5,8-10,13H,3,6-7,11H2,(H,22,24)(H,25,26)/b21-10+. The number of nitrogens with one attached hydrogen (secondary N) is 1. The maximum absolute atomic E-state index is 12.3. The van der Waals surface area contributed by atoms with E-state index in [0.717, 1.165) is 24.2 Å². The van der Waals surface area contributed by atoms with E-state index in [0.29, 0.717) is 16.9 Å². The fourth-order valence-electron chi connectivity index (χ4n) is 2.88. The van der Waals surface area contributed by atoms with Crippen molar-refractivity contribution in [3.63, 3.8) is 0 Å². The summed E-state index contributed by atoms with van der Waals surface area (Å²) in [7, 11) is 0. The van der Waals surface area contributed by atoms with Crippen molar-refractivity contribution in [3.8, 4) is 0 Å². The van der Waals surface area contributed by atoms with Crippen LogP contribution in [0.15, 0.2) is 46.3 Å². The zero-order valence-electron chi connectivity index (χ0n) is 14.8. The molecule has 0 saturated heterocycles. The normalized spacial score (nSPS) is 16.4. The first-order chi connectivity index (χ1) is 13.5. The molecular weight excluding hydrogens is 402 g/mol. The van der Waals surface area contributed by atoms with E-state index >= 15 is 0 Å². The molecule has 1 unspecified atom stereocenters. The number of benzene rings is 1. The third kappa shape index (κ3) is 4.76. The highest BCUT2D eigenvalue weighted by molar-refractivity contribution is 7.11. The van der Waals surface area contributed by atoms with Gasteiger partial charge < -0.3 is 5.11 Å². The van der Waals surface area contributed by atoms with Crippen molar-refractivity contribution in [3.05, 3.63) is 67.2 Å². The molecular formula is C19H18ClN3O4S. The highest BCUT2D eigenvalue weighted by Gasteiger charge is 2.18. The van der Waals surface area contributed by atoms with E-state index in [1.165, 1.54) is 22.9 Å². The van der Waals surface area contributed by atoms with Gasteiger partial charge in [-0.2, -0.15) is 5.10 Å². The monoisotopic (exact) mass is 419 g/mol. The molecule has 2 N–H and O–H groups in total. The third-order valence-electron chi connectivity index (χ3n) is 4.37. The fourth-order valence-corrected chi connectivity index (χ4v) is 3.99. The number of aromatic carboxylic acids is 1. The minimum absolute atomic E-state index is 0.0949. The summed E-state index contributed by atoms with van der Waals surface area (Å²) in [6, 6.07) is 6.31. The van der Waals surface area contributed by atoms with Gasteiger partial charge in [-0.25, -0.2) is 10.2 Å². The first-order valence-electron chi connectivity index (χ1n) is 8.65. The molecule has 2 aromatic rings. The minimum Gasteiger partial charge on any atom is -0.478 e. The van der Waals surface area contributed by atoms with E-state index in [1.54, 1.807) is 12.1 Å². The molecule has 3 rings (SSSR count). The Morgan fingerprint density at radius 2 is 2.21 bits per heavy atom. The number of halogens is 1. The zero-order chi connectivity index (χ0) is 20.1. The number of carboxylic acid groups (broad SMARTS) is 1. The average molecular weight is 420 g/mol. The molecule has 1 atom stereocenters. The summed E-state index contributed by atoms with van der Waals surface area (Å²) in [5.41, 5.74) is 3.27. The zero-order valence-corrected chi connectivity index (χ0v) is 16.4. The lowest BCUT2D eigenvalue weighted by atomic mass is 9.94. The Labute approximate surface area is 170 Å². The van der Waals surface area contributed by atoms with Gasteiger partial charge in [-0.15, -0.1) is 0 Å². The lowest BCUT2D eigenvalue weighted by Crippen LogP contribution is -2.27. The Hall–Kier alpha value is -2.71. The van der Waals surface area contributed by atoms with Crippen LogP contribution in [0.5, 0.6) is 0 Å². The Balaban J connectivity index is 1.70. The van der Waals surface area contributed by atoms with Gasteiger partial charge in [0.1, 0.15) is 5.15 Å². The molecule has 0 saturated carbocycles. The second kappa shape index (κ2) is 8.99. The van der Waals surface area contributed by atoms with Crippen LogP contribution in [0.1, 0.15) is 40.1 Å². The van der Waals surface area contributed by atoms with Crippen LogP contribution in [0, 0.1) is 5.92 Å². The van der Waals surface area contributed by atoms with E-state index in [9.17, 15) is 14.4 Å². The molecule has 7 nitrogen and oxygen atoms in total. The van der Waals surface area contributed by atoms with Crippen LogP contribution in [-0.2, 0) is 11.3 Å². The molecule has 0 radical (unpaired) electrons. The van der Waals surface area contributed by atoms with Crippen molar-refractivity contribution in [1.82, 2.24) is 9.99 Å². The highest BCUT2D eigenvalue weighted by Crippen LogP contribution is 2.20. The summed E-state index contributed by atoms with van der Waals surface area (Å²) < 4.78 is 1.34. The Bertz CT molecular complexity index is 1010. The molecule has 1 heterocycles. The van der Waals surface area contributed by atoms with Gasteiger partial charge in [-0.05, 0) is 37.0 Å². The van der Waals surface area contributed by atoms with Crippen molar-refractivity contribution in [2.75, 3.05) is 0 Å². The van der Waals surface area contributed by atoms with E-state index in [1.807, 2.05) is 6.08 Å². The number of carbonyl (C=O) groups is 2. The lowest BCUT2D eigenvalue weighted by Gasteiger charge is -2.14. The Morgan fingerprint density at radius 1 is 1.39 bits per heavy atom. The number of hydrogen-bond donors (Lipinski definition) is 2. The maximum Gasteiger partial charge on any atom is 0.335 e. The van der Waals surface area contributed by atoms with E-state index in [-0.39, 0.29) is 34.0 Å². The first-order valence-corrected chi connectivity index (χ1v) is 9.84. The predicted molar refractivity (Wildman–Crippen MR) is 108 cm³/mol. The maximum atomic E-state index is 12.3. The number of carboxylic acids is 1. The number of amides is 1. The van der Waals surface area contributed by atoms with Gasteiger partial charge in [0.2, 0.25) is 5.91 Å². The van der Waals surface area contributed by atoms with Crippen LogP contribution < -0.4 is 10.3 Å². The predicted octanol–water partition coefficient (Wildman–Crippen LogP) is 3.12. The topological polar surface area (TPSA) is 101 Å². The summed E-state index contributed by atoms with van der Waals surface area (Å²) in [4.78, 5) is 35.5. The van der Waals surface area contributed by atoms with Crippen LogP contribution in [0.4, 0.5) is 0 Å². The summed E-state index contributed by atoms with van der Waals surface area (Å²) >= 11 is 7.20. The van der Waals surface area contributed by atoms with Crippen LogP contribution in [-0.4, -0.2) is 27.8 Å². The summed E-state index contributed by atoms with van der Waals surface area (Å²) in [6.45, 7) is 0.143. The quantitative estimate of drug-likeness (QED) is 0.426. The van der Waals surface area contributed by atoms with E-state index in [2.05, 4.69) is 16.6 Å². The van der Waals surface area contributed by atoms with E-state index in [4.69, 9.17) is 16.7 Å². The van der Waals surface area contributed by atoms with Crippen LogP contribution in [0.25, 0.3) is 0 Å². The molecule has 0 spiro atoms. The van der Waals surface area contributed by atoms with E-state index < -0.39 is 5.97 Å². The summed E-state index contributed by atoms with van der Waals surface area (Å²) in [5, 5.41) is 13.2. The lowest BCUT2D eigenvalue weighted by molar-refractivity contribution is -0.125. The van der Waals surface area contributed by atoms with Crippen molar-refractivity contribution < 1.29 is 14.7 Å². The van der Waals surface area contributed by atoms with Gasteiger partial charge in [0.25, 0.3) is 0 Å². The molecule has 1 aromatic heterocycles. The first kappa shape index (κ1) is 20.0. The molecule has 146 valence electrons. The van der Waals surface area contributed by atoms with Gasteiger partial charge in [-0.3, -0.25) is 14.2 Å². The third-order valence-corrected chi connectivity index (χ3v) is 5.80. The smallest absolute Gasteiger partial charge is 0.335 e. The number of hydrazone groups is 1. The molecule has 0 aliphatic heterocycles. The molecule has 0 fully saturated rings. The van der Waals surface area contributed by atoms with Gasteiger partial charge in [-0.1, -0.05) is 47.2 Å². The second-order valence-corrected chi connectivity index (χ2v) is 7.68. The number of allylic oxidation sites excluding steroid dienone is 2. The van der Waals surface area contributed by atoms with Gasteiger partial charge in [0, 0.05) is 5.92 Å². The van der Waals surface area contributed by atoms with Crippen LogP contribution in [0.2, 0.25) is 5.15 Å². The molecule has 28 heavy (non-hydrogen) atoms. The Kier molecular flexibility index (Phi) is 6.43. The van der Waals surface area contributed by atoms with Crippen molar-refractivity contribution in [1.29, 1.82) is 0 Å². The minimum atomic E-state index is -1.04. The molecule has 1 aliphatic carbocycles. The number of hydrogen-bond acceptors (Lipinski definition) is 5. The molecule has 1 aliphatic rings. The molecule has 1 aromatic carbocycles. The van der Waals surface area contributed by atoms with Crippen molar-refractivity contribution >= 4 is 41.0 Å². The van der Waals surface area contributed by atoms with Gasteiger partial charge in [0.05, 0.1) is 23.2 Å². The van der Waals surface area contributed by atoms with Crippen LogP contribution >= 0.6 is 22.9 Å². The average Bonchev–Trinajstić information content (AvgIpc) is 2.96. The van der Waals surface area contributed by atoms with Crippen molar-refractivity contribution in [2.24, 2.45) is 11.0 Å². The van der Waals surface area contributed by atoms with Gasteiger partial charge >= 0.3 is 10.8 Å². The molecule has 9 heteroatoms. The number of carbonyl (C=O) groups excluding carboxylic acids is 1. The largest absolute Gasteiger partial charge is 0.478 e. The summed E-state index contributed by atoms with van der Waals surface area (Å²) in [5.74, 6) is -1.29. The number of thiazole rings is 1. The SMILES string of the molecule is O=C(O)c1cccc(Cn2c(Cl)c(/C=N/NC(=O)C3CC=CCC3)sc2=O)c1. The molecule has 1 amide bonds. The van der Waals surface area contributed by atoms with Gasteiger partial charge in [0.15, 0.2) is 0 Å². The number of rotatable bonds is 6.